The summed E-state index contributed by atoms with van der Waals surface area (Å²) in [5.41, 5.74) is 0.351. The van der Waals surface area contributed by atoms with Crippen molar-refractivity contribution in [3.8, 4) is 0 Å². The minimum atomic E-state index is -0.527. The predicted molar refractivity (Wildman–Crippen MR) is 108 cm³/mol. The van der Waals surface area contributed by atoms with E-state index in [0.717, 1.165) is 11.1 Å². The zero-order valence-corrected chi connectivity index (χ0v) is 17.4. The largest absolute Gasteiger partial charge is 0.380 e. The summed E-state index contributed by atoms with van der Waals surface area (Å²) in [7, 11) is 0. The van der Waals surface area contributed by atoms with Gasteiger partial charge in [-0.3, -0.25) is 14.4 Å². The summed E-state index contributed by atoms with van der Waals surface area (Å²) in [4.78, 5) is 38.6. The molecule has 0 radical (unpaired) electrons. The van der Waals surface area contributed by atoms with Crippen LogP contribution in [0.2, 0.25) is 0 Å². The summed E-state index contributed by atoms with van der Waals surface area (Å²) < 4.78 is 6.33. The van der Waals surface area contributed by atoms with E-state index in [4.69, 9.17) is 4.74 Å². The molecular weight excluding hydrogens is 372 g/mol. The minimum Gasteiger partial charge on any atom is -0.380 e. The molecule has 2 heterocycles. The Morgan fingerprint density at radius 1 is 1.34 bits per heavy atom. The summed E-state index contributed by atoms with van der Waals surface area (Å²) in [5, 5.41) is 7.59. The van der Waals surface area contributed by atoms with Crippen molar-refractivity contribution in [3.63, 3.8) is 0 Å². The van der Waals surface area contributed by atoms with Crippen LogP contribution in [0.4, 0.5) is 5.69 Å². The van der Waals surface area contributed by atoms with E-state index >= 15 is 0 Å². The van der Waals surface area contributed by atoms with Gasteiger partial charge in [0.1, 0.15) is 12.1 Å². The maximum Gasteiger partial charge on any atom is 0.279 e. The first-order valence-corrected chi connectivity index (χ1v) is 10.5. The van der Waals surface area contributed by atoms with Gasteiger partial charge in [0.2, 0.25) is 5.91 Å². The molecule has 1 aliphatic heterocycles. The lowest BCUT2D eigenvalue weighted by Crippen LogP contribution is -2.58. The highest BCUT2D eigenvalue weighted by molar-refractivity contribution is 5.83. The highest BCUT2D eigenvalue weighted by Gasteiger charge is 2.56. The molecule has 29 heavy (non-hydrogen) atoms. The van der Waals surface area contributed by atoms with Crippen LogP contribution in [-0.4, -0.2) is 59.2 Å². The second-order valence-corrected chi connectivity index (χ2v) is 9.25. The number of aromatic nitrogens is 2. The van der Waals surface area contributed by atoms with E-state index in [2.05, 4.69) is 31.2 Å². The van der Waals surface area contributed by atoms with Gasteiger partial charge in [-0.05, 0) is 36.0 Å². The fourth-order valence-electron chi connectivity index (χ4n) is 5.43. The lowest BCUT2D eigenvalue weighted by Gasteiger charge is -2.62. The molecule has 3 saturated carbocycles. The van der Waals surface area contributed by atoms with Crippen LogP contribution in [0.15, 0.2) is 11.0 Å². The second-order valence-electron chi connectivity index (χ2n) is 9.25. The van der Waals surface area contributed by atoms with Crippen LogP contribution >= 0.6 is 0 Å². The van der Waals surface area contributed by atoms with Gasteiger partial charge in [0, 0.05) is 19.1 Å². The average Bonchev–Trinajstić information content (AvgIpc) is 2.71. The number of fused-ring (bicyclic) bond motifs is 2. The number of anilines is 1. The van der Waals surface area contributed by atoms with E-state index in [0.29, 0.717) is 61.4 Å². The smallest absolute Gasteiger partial charge is 0.279 e. The van der Waals surface area contributed by atoms with Gasteiger partial charge >= 0.3 is 0 Å². The number of carbonyl (C=O) groups excluding carboxylic acids is 2. The predicted octanol–water partition coefficient (Wildman–Crippen LogP) is 1.40. The molecule has 8 nitrogen and oxygen atoms in total. The zero-order valence-electron chi connectivity index (χ0n) is 17.4. The molecule has 4 fully saturated rings. The van der Waals surface area contributed by atoms with Crippen LogP contribution < -0.4 is 10.9 Å². The van der Waals surface area contributed by atoms with Crippen molar-refractivity contribution in [3.05, 3.63) is 22.1 Å². The number of amides is 1. The first-order valence-electron chi connectivity index (χ1n) is 10.5. The van der Waals surface area contributed by atoms with Crippen LogP contribution in [-0.2, 0) is 16.1 Å². The van der Waals surface area contributed by atoms with E-state index < -0.39 is 5.56 Å². The molecule has 1 aromatic rings. The fraction of sp³-hybridized carbons (Fsp3) is 0.714. The number of nitrogens with one attached hydrogen (secondary N) is 1. The van der Waals surface area contributed by atoms with E-state index in [1.807, 2.05) is 0 Å². The van der Waals surface area contributed by atoms with Crippen LogP contribution in [0.5, 0.6) is 0 Å². The van der Waals surface area contributed by atoms with E-state index in [1.54, 1.807) is 4.90 Å². The van der Waals surface area contributed by atoms with Crippen molar-refractivity contribution in [2.24, 2.45) is 23.2 Å². The summed E-state index contributed by atoms with van der Waals surface area (Å²) in [6.07, 6.45) is 4.37. The second kappa shape index (κ2) is 7.55. The Bertz CT molecular complexity index is 859. The molecule has 1 saturated heterocycles. The third-order valence-electron chi connectivity index (χ3n) is 7.54. The standard InChI is InChI=1S/C21H30N4O4/c1-13-16-8-14(21(16,2)3)9-17(13)23-18-10-22-25(20(28)15(18)12-26)11-19(27)24-4-6-29-7-5-24/h10,12-14,16-17,23H,4-9,11H2,1-3H3/t13-,14+,16-,17-/m1/s1. The number of nitrogens with zero attached hydrogens (tertiary/aromatic N) is 3. The maximum absolute atomic E-state index is 12.8. The fourth-order valence-corrected chi connectivity index (χ4v) is 5.43. The van der Waals surface area contributed by atoms with E-state index in [9.17, 15) is 14.4 Å². The lowest BCUT2D eigenvalue weighted by atomic mass is 9.45. The topological polar surface area (TPSA) is 93.5 Å². The van der Waals surface area contributed by atoms with Crippen LogP contribution in [0.1, 0.15) is 44.0 Å². The van der Waals surface area contributed by atoms with Gasteiger partial charge in [0.05, 0.1) is 25.1 Å². The van der Waals surface area contributed by atoms with Gasteiger partial charge in [-0.1, -0.05) is 20.8 Å². The molecule has 1 aromatic heterocycles. The first kappa shape index (κ1) is 20.1. The molecule has 5 rings (SSSR count). The van der Waals surface area contributed by atoms with Crippen LogP contribution in [0.25, 0.3) is 0 Å². The quantitative estimate of drug-likeness (QED) is 0.749. The summed E-state index contributed by atoms with van der Waals surface area (Å²) >= 11 is 0. The van der Waals surface area contributed by atoms with Gasteiger partial charge < -0.3 is 15.0 Å². The minimum absolute atomic E-state index is 0.0421. The summed E-state index contributed by atoms with van der Waals surface area (Å²) in [6.45, 7) is 8.75. The van der Waals surface area contributed by atoms with Gasteiger partial charge in [-0.25, -0.2) is 4.68 Å². The van der Waals surface area contributed by atoms with Gasteiger partial charge in [0.25, 0.3) is 5.56 Å². The van der Waals surface area contributed by atoms with Crippen molar-refractivity contribution in [1.82, 2.24) is 14.7 Å². The highest BCUT2D eigenvalue weighted by Crippen LogP contribution is 2.61. The highest BCUT2D eigenvalue weighted by atomic mass is 16.5. The Labute approximate surface area is 170 Å². The maximum atomic E-state index is 12.8. The SMILES string of the molecule is C[C@@H]1[C@H]2C[C@@H](C[C@H]1Nc1cnn(CC(=O)N3CCOCC3)c(=O)c1C=O)C2(C)C. The molecule has 2 bridgehead atoms. The molecule has 1 amide bonds. The number of aldehydes is 1. The Hall–Kier alpha value is -2.22. The molecule has 8 heteroatoms. The third kappa shape index (κ3) is 3.47. The molecule has 0 aromatic carbocycles. The number of morpholine rings is 1. The number of rotatable bonds is 5. The zero-order chi connectivity index (χ0) is 20.8. The van der Waals surface area contributed by atoms with Crippen LogP contribution in [0.3, 0.4) is 0 Å². The number of carbonyl (C=O) groups is 2. The molecule has 0 spiro atoms. The molecule has 4 aliphatic rings. The van der Waals surface area contributed by atoms with Gasteiger partial charge in [0.15, 0.2) is 6.29 Å². The monoisotopic (exact) mass is 402 g/mol. The van der Waals surface area contributed by atoms with Gasteiger partial charge in [-0.2, -0.15) is 5.10 Å². The summed E-state index contributed by atoms with van der Waals surface area (Å²) in [5.74, 6) is 1.58. The molecule has 1 N–H and O–H groups in total. The van der Waals surface area contributed by atoms with E-state index in [1.165, 1.54) is 12.6 Å². The van der Waals surface area contributed by atoms with Crippen molar-refractivity contribution in [2.75, 3.05) is 31.6 Å². The lowest BCUT2D eigenvalue weighted by molar-refractivity contribution is -0.136. The first-order chi connectivity index (χ1) is 13.8. The Morgan fingerprint density at radius 2 is 2.07 bits per heavy atom. The van der Waals surface area contributed by atoms with Crippen molar-refractivity contribution in [2.45, 2.75) is 46.2 Å². The summed E-state index contributed by atoms with van der Waals surface area (Å²) in [6, 6.07) is 0.220. The molecular formula is C21H30N4O4. The molecule has 0 unspecified atom stereocenters. The molecule has 158 valence electrons. The number of hydrogen-bond acceptors (Lipinski definition) is 6. The van der Waals surface area contributed by atoms with Crippen molar-refractivity contribution >= 4 is 17.9 Å². The van der Waals surface area contributed by atoms with Crippen LogP contribution in [0, 0.1) is 23.2 Å². The average molecular weight is 402 g/mol. The Kier molecular flexibility index (Phi) is 5.23. The number of ether oxygens (including phenoxy) is 1. The van der Waals surface area contributed by atoms with Gasteiger partial charge in [-0.15, -0.1) is 0 Å². The van der Waals surface area contributed by atoms with Crippen molar-refractivity contribution < 1.29 is 14.3 Å². The molecule has 3 aliphatic carbocycles. The third-order valence-corrected chi connectivity index (χ3v) is 7.54. The Morgan fingerprint density at radius 3 is 2.69 bits per heavy atom. The Balaban J connectivity index is 1.49. The molecule has 4 atom stereocenters. The van der Waals surface area contributed by atoms with E-state index in [-0.39, 0.29) is 24.1 Å². The normalized spacial score (nSPS) is 30.4. The van der Waals surface area contributed by atoms with Crippen molar-refractivity contribution in [1.29, 1.82) is 0 Å². The number of hydrogen-bond donors (Lipinski definition) is 1.